The average Bonchev–Trinajstić information content (AvgIpc) is 1.59. The van der Waals surface area contributed by atoms with E-state index < -0.39 is 0 Å². The Morgan fingerprint density at radius 3 is 1.01 bits per heavy atom. The Morgan fingerprint density at radius 2 is 0.548 bits per heavy atom. The zero-order valence-corrected chi connectivity index (χ0v) is 51.9. The van der Waals surface area contributed by atoms with Crippen LogP contribution < -0.4 is 0 Å². The second kappa shape index (κ2) is 19.9. The van der Waals surface area contributed by atoms with Crippen molar-refractivity contribution < 1.29 is 0 Å². The van der Waals surface area contributed by atoms with Gasteiger partial charge in [-0.1, -0.05) is 234 Å². The first-order valence-electron chi connectivity index (χ1n) is 32.2. The molecule has 2 aliphatic carbocycles. The van der Waals surface area contributed by atoms with Gasteiger partial charge in [0.2, 0.25) is 5.95 Å². The molecule has 0 atom stereocenters. The van der Waals surface area contributed by atoms with E-state index in [1.165, 1.54) is 99.5 Å². The van der Waals surface area contributed by atoms with Crippen LogP contribution in [-0.4, -0.2) is 28.7 Å². The van der Waals surface area contributed by atoms with Crippen LogP contribution in [0.2, 0.25) is 0 Å². The molecule has 0 radical (unpaired) electrons. The van der Waals surface area contributed by atoms with Crippen molar-refractivity contribution in [1.29, 1.82) is 0 Å². The highest BCUT2D eigenvalue weighted by Gasteiger charge is 2.37. The van der Waals surface area contributed by atoms with Gasteiger partial charge >= 0.3 is 0 Å². The molecule has 4 aromatic heterocycles. The molecule has 6 nitrogen and oxygen atoms in total. The largest absolute Gasteiger partial charge is 0.309 e. The summed E-state index contributed by atoms with van der Waals surface area (Å²) in [6.07, 6.45) is 0. The molecule has 93 heavy (non-hydrogen) atoms. The number of fused-ring (bicyclic) bond motifs is 15. The Kier molecular flexibility index (Phi) is 11.4. The molecule has 4 heterocycles. The van der Waals surface area contributed by atoms with Crippen molar-refractivity contribution in [1.82, 2.24) is 28.7 Å². The maximum Gasteiger partial charge on any atom is 0.238 e. The molecule has 438 valence electrons. The molecule has 0 fully saturated rings. The van der Waals surface area contributed by atoms with Crippen LogP contribution in [0.1, 0.15) is 49.9 Å². The van der Waals surface area contributed by atoms with Gasteiger partial charge in [-0.25, -0.2) is 4.98 Å². The number of rotatable bonds is 8. The fourth-order valence-corrected chi connectivity index (χ4v) is 15.9. The third-order valence-corrected chi connectivity index (χ3v) is 20.5. The van der Waals surface area contributed by atoms with Crippen LogP contribution in [0.25, 0.3) is 161 Å². The van der Waals surface area contributed by atoms with E-state index in [1.807, 2.05) is 18.2 Å². The van der Waals surface area contributed by atoms with E-state index >= 15 is 0 Å². The minimum atomic E-state index is -0.119. The van der Waals surface area contributed by atoms with Crippen LogP contribution >= 0.6 is 0 Å². The molecule has 0 amide bonds. The van der Waals surface area contributed by atoms with E-state index in [9.17, 15) is 0 Å². The van der Waals surface area contributed by atoms with E-state index in [1.54, 1.807) is 0 Å². The van der Waals surface area contributed by atoms with Crippen LogP contribution in [0, 0.1) is 0 Å². The quantitative estimate of drug-likeness (QED) is 0.152. The molecule has 0 aliphatic heterocycles. The lowest BCUT2D eigenvalue weighted by molar-refractivity contribution is 0.660. The number of hydrogen-bond donors (Lipinski definition) is 0. The summed E-state index contributed by atoms with van der Waals surface area (Å²) in [5.74, 6) is 1.75. The summed E-state index contributed by atoms with van der Waals surface area (Å²) in [5.41, 5.74) is 28.2. The number of benzene rings is 13. The Morgan fingerprint density at radius 1 is 0.226 bits per heavy atom. The maximum atomic E-state index is 5.43. The first kappa shape index (κ1) is 53.1. The van der Waals surface area contributed by atoms with Crippen LogP contribution in [-0.2, 0) is 10.8 Å². The van der Waals surface area contributed by atoms with Gasteiger partial charge in [0.1, 0.15) is 0 Å². The van der Waals surface area contributed by atoms with Gasteiger partial charge in [-0.3, -0.25) is 4.57 Å². The number of para-hydroxylation sites is 2. The predicted molar refractivity (Wildman–Crippen MR) is 385 cm³/mol. The van der Waals surface area contributed by atoms with Gasteiger partial charge in [0.15, 0.2) is 11.6 Å². The van der Waals surface area contributed by atoms with E-state index in [4.69, 9.17) is 15.0 Å². The molecule has 17 aromatic rings. The molecular weight excluding hydrogens is 1130 g/mol. The molecular formula is C87H60N6. The summed E-state index contributed by atoms with van der Waals surface area (Å²) in [7, 11) is 0. The molecule has 0 bridgehead atoms. The number of hydrogen-bond acceptors (Lipinski definition) is 3. The van der Waals surface area contributed by atoms with Crippen molar-refractivity contribution in [2.75, 3.05) is 0 Å². The first-order valence-corrected chi connectivity index (χ1v) is 32.2. The molecule has 0 N–H and O–H groups in total. The average molecular weight is 1190 g/mol. The molecule has 2 aliphatic rings. The van der Waals surface area contributed by atoms with Crippen molar-refractivity contribution in [3.63, 3.8) is 0 Å². The number of aromatic nitrogens is 6. The Balaban J connectivity index is 0.786. The highest BCUT2D eigenvalue weighted by molar-refractivity contribution is 6.15. The van der Waals surface area contributed by atoms with Crippen molar-refractivity contribution in [2.24, 2.45) is 0 Å². The summed E-state index contributed by atoms with van der Waals surface area (Å²) >= 11 is 0. The topological polar surface area (TPSA) is 53.5 Å². The molecule has 0 unspecified atom stereocenters. The lowest BCUT2D eigenvalue weighted by Gasteiger charge is -2.22. The normalized spacial score (nSPS) is 13.5. The van der Waals surface area contributed by atoms with Crippen LogP contribution in [0.5, 0.6) is 0 Å². The lowest BCUT2D eigenvalue weighted by atomic mass is 9.82. The van der Waals surface area contributed by atoms with Gasteiger partial charge < -0.3 is 9.13 Å². The minimum Gasteiger partial charge on any atom is -0.309 e. The summed E-state index contributed by atoms with van der Waals surface area (Å²) in [6.45, 7) is 9.44. The Bertz CT molecular complexity index is 5700. The molecule has 6 heteroatoms. The Labute approximate surface area is 538 Å². The van der Waals surface area contributed by atoms with Crippen LogP contribution in [0.4, 0.5) is 0 Å². The van der Waals surface area contributed by atoms with Crippen molar-refractivity contribution in [3.8, 4) is 95.7 Å². The van der Waals surface area contributed by atoms with Gasteiger partial charge in [0.05, 0.1) is 33.1 Å². The zero-order valence-electron chi connectivity index (χ0n) is 51.9. The lowest BCUT2D eigenvalue weighted by Crippen LogP contribution is -2.15. The molecule has 0 saturated carbocycles. The van der Waals surface area contributed by atoms with Gasteiger partial charge in [-0.05, 0) is 163 Å². The SMILES string of the molecule is CC1(C)c2ccccc2-c2ccc(-n3c4ccccc4c4cc(-c5ccc6c(c5)c5cc(-c7ccc8c(c7)c7ccccc7n8-c7ccc8c(c7)C(C)(C)c7ccccc7-8)ccc5n6-c5nc(-c6ccccc6)nc(-c6ccc(-c7ccccc7)cc6)n5)ccc43)cc21. The van der Waals surface area contributed by atoms with E-state index in [0.29, 0.717) is 17.6 Å². The summed E-state index contributed by atoms with van der Waals surface area (Å²) in [5, 5.41) is 7.06. The molecule has 13 aromatic carbocycles. The Hall–Kier alpha value is -11.7. The van der Waals surface area contributed by atoms with E-state index in [0.717, 1.165) is 66.3 Å². The third-order valence-electron chi connectivity index (χ3n) is 20.5. The number of nitrogens with zero attached hydrogens (tertiary/aromatic N) is 6. The van der Waals surface area contributed by atoms with E-state index in [2.05, 4.69) is 314 Å². The van der Waals surface area contributed by atoms with Crippen molar-refractivity contribution >= 4 is 65.4 Å². The highest BCUT2D eigenvalue weighted by Crippen LogP contribution is 2.52. The molecule has 0 saturated heterocycles. The summed E-state index contributed by atoms with van der Waals surface area (Å²) in [6, 6.07) is 107. The summed E-state index contributed by atoms with van der Waals surface area (Å²) in [4.78, 5) is 16.0. The highest BCUT2D eigenvalue weighted by atomic mass is 15.2. The van der Waals surface area contributed by atoms with Crippen molar-refractivity contribution in [3.05, 3.63) is 313 Å². The van der Waals surface area contributed by atoms with Gasteiger partial charge in [-0.15, -0.1) is 0 Å². The monoisotopic (exact) mass is 1190 g/mol. The fourth-order valence-electron chi connectivity index (χ4n) is 15.9. The fraction of sp³-hybridized carbons (Fsp3) is 0.0690. The van der Waals surface area contributed by atoms with Crippen LogP contribution in [0.15, 0.2) is 291 Å². The van der Waals surface area contributed by atoms with Gasteiger partial charge in [-0.2, -0.15) is 9.97 Å². The standard InChI is InChI=1S/C87H60N6/c1-86(2)73-27-15-11-23-63(73)65-41-39-61(51-75(65)86)91-77-29-17-13-25-67(77)69-47-57(35-43-79(69)91)59-37-45-81-71(49-59)72-50-60(38-46-82(72)93(81)85-89-83(55-21-9-6-10-22-55)88-84(90-85)56-33-31-54(32-34-56)53-19-7-5-8-20-53)58-36-44-80-70(48-58)68-26-14-18-30-78(68)92(80)62-40-42-66-64-24-12-16-28-74(64)87(3,4)76(66)52-62/h5-52H,1-4H3. The molecule has 0 spiro atoms. The predicted octanol–water partition coefficient (Wildman–Crippen LogP) is 22.1. The van der Waals surface area contributed by atoms with Crippen molar-refractivity contribution in [2.45, 2.75) is 38.5 Å². The van der Waals surface area contributed by atoms with Gasteiger partial charge in [0.25, 0.3) is 0 Å². The minimum absolute atomic E-state index is 0.119. The van der Waals surface area contributed by atoms with E-state index in [-0.39, 0.29) is 10.8 Å². The second-order valence-corrected chi connectivity index (χ2v) is 26.4. The third kappa shape index (κ3) is 7.98. The summed E-state index contributed by atoms with van der Waals surface area (Å²) < 4.78 is 7.16. The smallest absolute Gasteiger partial charge is 0.238 e. The zero-order chi connectivity index (χ0) is 61.8. The van der Waals surface area contributed by atoms with Crippen LogP contribution in [0.3, 0.4) is 0 Å². The maximum absolute atomic E-state index is 5.43. The molecule has 19 rings (SSSR count). The van der Waals surface area contributed by atoms with Gasteiger partial charge in [0, 0.05) is 65.6 Å². The first-order chi connectivity index (χ1) is 45.6. The second-order valence-electron chi connectivity index (χ2n) is 26.4.